The summed E-state index contributed by atoms with van der Waals surface area (Å²) in [6, 6.07) is 0. The van der Waals surface area contributed by atoms with E-state index < -0.39 is 0 Å². The van der Waals surface area contributed by atoms with E-state index in [9.17, 15) is 0 Å². The number of rotatable bonds is 4. The molecule has 0 saturated heterocycles. The van der Waals surface area contributed by atoms with Crippen LogP contribution in [0.4, 0.5) is 0 Å². The molecule has 0 aliphatic carbocycles. The van der Waals surface area contributed by atoms with Gasteiger partial charge in [-0.05, 0) is 34.1 Å². The largest absolute Gasteiger partial charge is 0.185 e. The number of nitrogens with zero attached hydrogens (tertiary/aromatic N) is 2. The monoisotopic (exact) mass is 242 g/mol. The van der Waals surface area contributed by atoms with Crippen LogP contribution in [0.1, 0.15) is 0 Å². The van der Waals surface area contributed by atoms with E-state index in [0.717, 1.165) is 8.68 Å². The fourth-order valence-electron chi connectivity index (χ4n) is 0.407. The van der Waals surface area contributed by atoms with Crippen molar-refractivity contribution in [2.45, 2.75) is 8.68 Å². The highest BCUT2D eigenvalue weighted by molar-refractivity contribution is 8.77. The highest BCUT2D eigenvalue weighted by atomic mass is 33.1. The fourth-order valence-corrected chi connectivity index (χ4v) is 4.95. The van der Waals surface area contributed by atoms with Crippen LogP contribution in [0.5, 0.6) is 0 Å². The topological polar surface area (TPSA) is 25.8 Å². The summed E-state index contributed by atoms with van der Waals surface area (Å²) in [5.74, 6) is 0. The minimum Gasteiger partial charge on any atom is -0.130 e. The quantitative estimate of drug-likeness (QED) is 0.752. The van der Waals surface area contributed by atoms with Gasteiger partial charge in [-0.15, -0.1) is 10.2 Å². The molecule has 0 unspecified atom stereocenters. The standard InChI is InChI=1S/C4H6N2S5/c1-7-10-3-5-6-4(9-3)11-8-2/h1-2H3. The van der Waals surface area contributed by atoms with Crippen LogP contribution in [0, 0.1) is 0 Å². The van der Waals surface area contributed by atoms with E-state index in [2.05, 4.69) is 10.2 Å². The van der Waals surface area contributed by atoms with Gasteiger partial charge < -0.3 is 0 Å². The van der Waals surface area contributed by atoms with Crippen LogP contribution < -0.4 is 0 Å². The van der Waals surface area contributed by atoms with Gasteiger partial charge in [0.15, 0.2) is 8.68 Å². The van der Waals surface area contributed by atoms with Crippen molar-refractivity contribution in [3.63, 3.8) is 0 Å². The van der Waals surface area contributed by atoms with Crippen LogP contribution in [-0.4, -0.2) is 22.7 Å². The van der Waals surface area contributed by atoms with Crippen molar-refractivity contribution in [2.75, 3.05) is 12.5 Å². The Morgan fingerprint density at radius 2 is 1.45 bits per heavy atom. The first kappa shape index (κ1) is 10.0. The van der Waals surface area contributed by atoms with Crippen molar-refractivity contribution in [3.8, 4) is 0 Å². The van der Waals surface area contributed by atoms with Crippen molar-refractivity contribution in [2.24, 2.45) is 0 Å². The normalized spacial score (nSPS) is 10.4. The minimum atomic E-state index is 1.04. The predicted molar refractivity (Wildman–Crippen MR) is 58.7 cm³/mol. The van der Waals surface area contributed by atoms with Crippen molar-refractivity contribution < 1.29 is 0 Å². The molecule has 62 valence electrons. The zero-order valence-electron chi connectivity index (χ0n) is 5.94. The average molecular weight is 242 g/mol. The van der Waals surface area contributed by atoms with Crippen molar-refractivity contribution in [3.05, 3.63) is 0 Å². The van der Waals surface area contributed by atoms with Crippen LogP contribution in [-0.2, 0) is 0 Å². The Balaban J connectivity index is 2.51. The van der Waals surface area contributed by atoms with Crippen LogP contribution in [0.15, 0.2) is 8.68 Å². The molecule has 0 radical (unpaired) electrons. The maximum absolute atomic E-state index is 4.00. The summed E-state index contributed by atoms with van der Waals surface area (Å²) in [6.45, 7) is 0. The van der Waals surface area contributed by atoms with E-state index >= 15 is 0 Å². The van der Waals surface area contributed by atoms with Crippen molar-refractivity contribution >= 4 is 54.5 Å². The zero-order chi connectivity index (χ0) is 8.10. The number of aromatic nitrogens is 2. The highest BCUT2D eigenvalue weighted by Crippen LogP contribution is 2.37. The molecular formula is C4H6N2S5. The van der Waals surface area contributed by atoms with E-state index in [1.54, 1.807) is 54.5 Å². The molecule has 0 atom stereocenters. The van der Waals surface area contributed by atoms with Gasteiger partial charge in [-0.25, -0.2) is 0 Å². The first-order valence-corrected chi connectivity index (χ1v) is 8.55. The molecule has 1 heterocycles. The van der Waals surface area contributed by atoms with Crippen molar-refractivity contribution in [1.82, 2.24) is 10.2 Å². The zero-order valence-corrected chi connectivity index (χ0v) is 10.0. The molecule has 0 saturated carbocycles. The lowest BCUT2D eigenvalue weighted by Crippen LogP contribution is -1.67. The van der Waals surface area contributed by atoms with Gasteiger partial charge in [0.25, 0.3) is 0 Å². The van der Waals surface area contributed by atoms with Gasteiger partial charge >= 0.3 is 0 Å². The molecule has 0 aliphatic heterocycles. The molecule has 1 rings (SSSR count). The van der Waals surface area contributed by atoms with E-state index in [4.69, 9.17) is 0 Å². The first-order valence-electron chi connectivity index (χ1n) is 2.61. The number of hydrogen-bond acceptors (Lipinski definition) is 7. The lowest BCUT2D eigenvalue weighted by molar-refractivity contribution is 0.959. The van der Waals surface area contributed by atoms with Crippen LogP contribution in [0.25, 0.3) is 0 Å². The summed E-state index contributed by atoms with van der Waals surface area (Å²) < 4.78 is 2.07. The summed E-state index contributed by atoms with van der Waals surface area (Å²) in [6.07, 6.45) is 4.07. The van der Waals surface area contributed by atoms with E-state index in [0.29, 0.717) is 0 Å². The molecule has 0 aromatic carbocycles. The lowest BCUT2D eigenvalue weighted by atomic mass is 11.6. The molecule has 0 N–H and O–H groups in total. The second-order valence-electron chi connectivity index (χ2n) is 1.33. The fraction of sp³-hybridized carbons (Fsp3) is 0.500. The van der Waals surface area contributed by atoms with Gasteiger partial charge in [0, 0.05) is 0 Å². The predicted octanol–water partition coefficient (Wildman–Crippen LogP) is 3.28. The SMILES string of the molecule is CSSc1nnc(SSC)s1. The molecule has 0 aliphatic rings. The summed E-state index contributed by atoms with van der Waals surface area (Å²) in [5, 5.41) is 8.00. The van der Waals surface area contributed by atoms with Gasteiger partial charge in [0.05, 0.1) is 0 Å². The summed E-state index contributed by atoms with van der Waals surface area (Å²) >= 11 is 1.64. The third-order valence-electron chi connectivity index (χ3n) is 0.697. The average Bonchev–Trinajstić information content (AvgIpc) is 2.38. The van der Waals surface area contributed by atoms with E-state index in [1.165, 1.54) is 0 Å². The maximum atomic E-state index is 4.00. The molecule has 2 nitrogen and oxygen atoms in total. The van der Waals surface area contributed by atoms with Crippen LogP contribution in [0.2, 0.25) is 0 Å². The highest BCUT2D eigenvalue weighted by Gasteiger charge is 2.03. The summed E-state index contributed by atoms with van der Waals surface area (Å²) in [5.41, 5.74) is 0. The molecule has 1 aromatic rings. The summed E-state index contributed by atoms with van der Waals surface area (Å²) in [4.78, 5) is 0. The van der Waals surface area contributed by atoms with Gasteiger partial charge in [0.2, 0.25) is 0 Å². The second-order valence-corrected chi connectivity index (χ2v) is 7.60. The molecule has 0 bridgehead atoms. The third-order valence-corrected chi connectivity index (χ3v) is 5.57. The van der Waals surface area contributed by atoms with Crippen LogP contribution >= 0.6 is 54.5 Å². The van der Waals surface area contributed by atoms with Gasteiger partial charge in [-0.1, -0.05) is 32.9 Å². The molecule has 7 heteroatoms. The van der Waals surface area contributed by atoms with Gasteiger partial charge in [-0.2, -0.15) is 0 Å². The molecule has 11 heavy (non-hydrogen) atoms. The van der Waals surface area contributed by atoms with Gasteiger partial charge in [-0.3, -0.25) is 0 Å². The lowest BCUT2D eigenvalue weighted by Gasteiger charge is -1.84. The molecule has 1 aromatic heterocycles. The second kappa shape index (κ2) is 5.58. The Morgan fingerprint density at radius 3 is 1.82 bits per heavy atom. The third kappa shape index (κ3) is 3.45. The van der Waals surface area contributed by atoms with Gasteiger partial charge in [0.1, 0.15) is 0 Å². The minimum absolute atomic E-state index is 1.04. The molecule has 0 amide bonds. The Bertz CT molecular complexity index is 192. The Kier molecular flexibility index (Phi) is 5.09. The Hall–Kier alpha value is 0.960. The first-order chi connectivity index (χ1) is 5.36. The number of hydrogen-bond donors (Lipinski definition) is 0. The summed E-state index contributed by atoms with van der Waals surface area (Å²) in [7, 11) is 6.71. The smallest absolute Gasteiger partial charge is 0.130 e. The van der Waals surface area contributed by atoms with Crippen molar-refractivity contribution in [1.29, 1.82) is 0 Å². The maximum Gasteiger partial charge on any atom is 0.185 e. The van der Waals surface area contributed by atoms with Crippen LogP contribution in [0.3, 0.4) is 0 Å². The Morgan fingerprint density at radius 1 is 1.00 bits per heavy atom. The Labute approximate surface area is 85.5 Å². The molecule has 0 fully saturated rings. The molecule has 0 spiro atoms. The molecular weight excluding hydrogens is 236 g/mol. The van der Waals surface area contributed by atoms with E-state index in [-0.39, 0.29) is 0 Å². The van der Waals surface area contributed by atoms with E-state index in [1.807, 2.05) is 12.5 Å².